The van der Waals surface area contributed by atoms with Crippen LogP contribution >= 0.6 is 0 Å². The number of rotatable bonds is 2. The van der Waals surface area contributed by atoms with E-state index in [1.807, 2.05) is 6.92 Å². The molecule has 3 atom stereocenters. The van der Waals surface area contributed by atoms with Gasteiger partial charge in [0.05, 0.1) is 6.61 Å². The number of esters is 1. The standard InChI is InChI=1S/C15H24N4O3/c1-9-7-10(13(20)22-9)19-5-6-21-11(8-19)12-16-14(18-17-12)15(2,3)4/h9-11H,5-8H2,1-4H3,(H,16,17,18). The van der Waals surface area contributed by atoms with E-state index in [0.717, 1.165) is 24.6 Å². The summed E-state index contributed by atoms with van der Waals surface area (Å²) in [6.07, 6.45) is 0.562. The van der Waals surface area contributed by atoms with E-state index in [4.69, 9.17) is 9.47 Å². The first-order valence-corrected chi connectivity index (χ1v) is 7.83. The van der Waals surface area contributed by atoms with Crippen LogP contribution in [0.5, 0.6) is 0 Å². The smallest absolute Gasteiger partial charge is 0.323 e. The normalized spacial score (nSPS) is 30.5. The molecule has 0 amide bonds. The van der Waals surface area contributed by atoms with Crippen LogP contribution in [0.1, 0.15) is 51.9 Å². The molecule has 1 aromatic rings. The molecule has 122 valence electrons. The molecule has 3 heterocycles. The van der Waals surface area contributed by atoms with Gasteiger partial charge in [-0.25, -0.2) is 4.98 Å². The van der Waals surface area contributed by atoms with Gasteiger partial charge in [-0.3, -0.25) is 14.8 Å². The van der Waals surface area contributed by atoms with Crippen LogP contribution in [0.15, 0.2) is 0 Å². The Balaban J connectivity index is 1.71. The zero-order valence-electron chi connectivity index (χ0n) is 13.6. The lowest BCUT2D eigenvalue weighted by Crippen LogP contribution is -2.46. The number of nitrogens with zero attached hydrogens (tertiary/aromatic N) is 3. The Morgan fingerprint density at radius 1 is 1.36 bits per heavy atom. The molecule has 2 aliphatic heterocycles. The molecule has 7 heteroatoms. The quantitative estimate of drug-likeness (QED) is 0.826. The van der Waals surface area contributed by atoms with Crippen LogP contribution in [0.4, 0.5) is 0 Å². The molecule has 22 heavy (non-hydrogen) atoms. The summed E-state index contributed by atoms with van der Waals surface area (Å²) in [7, 11) is 0. The van der Waals surface area contributed by atoms with Crippen molar-refractivity contribution in [2.45, 2.75) is 57.8 Å². The fourth-order valence-corrected chi connectivity index (χ4v) is 2.91. The van der Waals surface area contributed by atoms with Gasteiger partial charge >= 0.3 is 5.97 Å². The van der Waals surface area contributed by atoms with Crippen LogP contribution in [-0.2, 0) is 19.7 Å². The summed E-state index contributed by atoms with van der Waals surface area (Å²) in [4.78, 5) is 18.6. The lowest BCUT2D eigenvalue weighted by Gasteiger charge is -2.34. The lowest BCUT2D eigenvalue weighted by atomic mass is 9.96. The van der Waals surface area contributed by atoms with Crippen molar-refractivity contribution in [1.29, 1.82) is 0 Å². The number of aromatic amines is 1. The largest absolute Gasteiger partial charge is 0.461 e. The average molecular weight is 308 g/mol. The maximum Gasteiger partial charge on any atom is 0.323 e. The summed E-state index contributed by atoms with van der Waals surface area (Å²) in [6.45, 7) is 10.1. The van der Waals surface area contributed by atoms with Crippen molar-refractivity contribution in [3.8, 4) is 0 Å². The predicted molar refractivity (Wildman–Crippen MR) is 79.3 cm³/mol. The van der Waals surface area contributed by atoms with Gasteiger partial charge in [0.25, 0.3) is 0 Å². The first-order valence-electron chi connectivity index (χ1n) is 7.83. The third kappa shape index (κ3) is 3.01. The van der Waals surface area contributed by atoms with Crippen molar-refractivity contribution < 1.29 is 14.3 Å². The van der Waals surface area contributed by atoms with Gasteiger partial charge in [0.2, 0.25) is 0 Å². The lowest BCUT2D eigenvalue weighted by molar-refractivity contribution is -0.147. The summed E-state index contributed by atoms with van der Waals surface area (Å²) in [6, 6.07) is -0.161. The number of carbonyl (C=O) groups excluding carboxylic acids is 1. The second-order valence-electron chi connectivity index (χ2n) is 7.15. The van der Waals surface area contributed by atoms with E-state index in [-0.39, 0.29) is 29.6 Å². The molecule has 1 aromatic heterocycles. The van der Waals surface area contributed by atoms with Gasteiger partial charge in [-0.1, -0.05) is 20.8 Å². The van der Waals surface area contributed by atoms with Crippen LogP contribution < -0.4 is 0 Å². The summed E-state index contributed by atoms with van der Waals surface area (Å²) in [5, 5.41) is 7.27. The number of nitrogens with one attached hydrogen (secondary N) is 1. The summed E-state index contributed by atoms with van der Waals surface area (Å²) >= 11 is 0. The number of hydrogen-bond donors (Lipinski definition) is 1. The number of hydrogen-bond acceptors (Lipinski definition) is 6. The molecular formula is C15H24N4O3. The molecule has 0 spiro atoms. The SMILES string of the molecule is CC1CC(N2CCOC(c3nc(C(C)(C)C)n[nH]3)C2)C(=O)O1. The first kappa shape index (κ1) is 15.4. The number of aromatic nitrogens is 3. The third-order valence-corrected chi connectivity index (χ3v) is 4.16. The molecule has 2 saturated heterocycles. The van der Waals surface area contributed by atoms with E-state index < -0.39 is 0 Å². The molecule has 0 aromatic carbocycles. The van der Waals surface area contributed by atoms with E-state index in [1.165, 1.54) is 0 Å². The van der Waals surface area contributed by atoms with E-state index in [1.54, 1.807) is 0 Å². The number of ether oxygens (including phenoxy) is 2. The van der Waals surface area contributed by atoms with Gasteiger partial charge in [0, 0.05) is 24.9 Å². The molecular weight excluding hydrogens is 284 g/mol. The van der Waals surface area contributed by atoms with Gasteiger partial charge in [0.15, 0.2) is 11.6 Å². The van der Waals surface area contributed by atoms with Crippen LogP contribution in [0.2, 0.25) is 0 Å². The maximum atomic E-state index is 11.9. The van der Waals surface area contributed by atoms with Gasteiger partial charge in [-0.2, -0.15) is 5.10 Å². The molecule has 2 aliphatic rings. The molecule has 2 fully saturated rings. The summed E-state index contributed by atoms with van der Waals surface area (Å²) in [5.74, 6) is 1.38. The van der Waals surface area contributed by atoms with Crippen LogP contribution in [0.25, 0.3) is 0 Å². The molecule has 0 aliphatic carbocycles. The highest BCUT2D eigenvalue weighted by atomic mass is 16.6. The predicted octanol–water partition coefficient (Wildman–Crippen LogP) is 1.18. The molecule has 0 radical (unpaired) electrons. The minimum Gasteiger partial charge on any atom is -0.461 e. The van der Waals surface area contributed by atoms with E-state index in [2.05, 4.69) is 40.9 Å². The second kappa shape index (κ2) is 5.62. The van der Waals surface area contributed by atoms with Crippen LogP contribution in [0.3, 0.4) is 0 Å². The minimum atomic E-state index is -0.180. The first-order chi connectivity index (χ1) is 10.3. The Labute approximate surface area is 130 Å². The fraction of sp³-hybridized carbons (Fsp3) is 0.800. The van der Waals surface area contributed by atoms with E-state index in [9.17, 15) is 4.79 Å². The highest BCUT2D eigenvalue weighted by Gasteiger charge is 2.39. The van der Waals surface area contributed by atoms with Gasteiger partial charge < -0.3 is 9.47 Å². The van der Waals surface area contributed by atoms with Gasteiger partial charge in [-0.05, 0) is 6.92 Å². The zero-order valence-corrected chi connectivity index (χ0v) is 13.6. The monoisotopic (exact) mass is 308 g/mol. The van der Waals surface area contributed by atoms with Crippen molar-refractivity contribution in [3.05, 3.63) is 11.6 Å². The van der Waals surface area contributed by atoms with E-state index in [0.29, 0.717) is 13.2 Å². The second-order valence-corrected chi connectivity index (χ2v) is 7.15. The molecule has 1 N–H and O–H groups in total. The maximum absolute atomic E-state index is 11.9. The van der Waals surface area contributed by atoms with Gasteiger partial charge in [0.1, 0.15) is 18.2 Å². The van der Waals surface area contributed by atoms with Gasteiger partial charge in [-0.15, -0.1) is 0 Å². The average Bonchev–Trinajstić information content (AvgIpc) is 3.05. The third-order valence-electron chi connectivity index (χ3n) is 4.16. The summed E-state index contributed by atoms with van der Waals surface area (Å²) < 4.78 is 11.1. The summed E-state index contributed by atoms with van der Waals surface area (Å²) in [5.41, 5.74) is -0.103. The molecule has 7 nitrogen and oxygen atoms in total. The molecule has 3 rings (SSSR count). The Morgan fingerprint density at radius 2 is 2.14 bits per heavy atom. The van der Waals surface area contributed by atoms with Crippen molar-refractivity contribution in [3.63, 3.8) is 0 Å². The molecule has 0 saturated carbocycles. The zero-order chi connectivity index (χ0) is 15.9. The van der Waals surface area contributed by atoms with E-state index >= 15 is 0 Å². The minimum absolute atomic E-state index is 0.00318. The Kier molecular flexibility index (Phi) is 3.94. The highest BCUT2D eigenvalue weighted by Crippen LogP contribution is 2.27. The highest BCUT2D eigenvalue weighted by molar-refractivity contribution is 5.78. The fourth-order valence-electron chi connectivity index (χ4n) is 2.91. The van der Waals surface area contributed by atoms with Crippen molar-refractivity contribution >= 4 is 5.97 Å². The number of H-pyrrole nitrogens is 1. The topological polar surface area (TPSA) is 80.3 Å². The van der Waals surface area contributed by atoms with Crippen molar-refractivity contribution in [2.24, 2.45) is 0 Å². The Hall–Kier alpha value is -1.47. The Morgan fingerprint density at radius 3 is 2.73 bits per heavy atom. The van der Waals surface area contributed by atoms with Crippen LogP contribution in [0, 0.1) is 0 Å². The van der Waals surface area contributed by atoms with Crippen molar-refractivity contribution in [1.82, 2.24) is 20.1 Å². The molecule has 3 unspecified atom stereocenters. The molecule has 0 bridgehead atoms. The van der Waals surface area contributed by atoms with Crippen LogP contribution in [-0.4, -0.2) is 57.9 Å². The Bertz CT molecular complexity index is 551. The number of cyclic esters (lactones) is 1. The number of carbonyl (C=O) groups is 1. The van der Waals surface area contributed by atoms with Crippen molar-refractivity contribution in [2.75, 3.05) is 19.7 Å². The number of morpholine rings is 1.